The van der Waals surface area contributed by atoms with Gasteiger partial charge in [-0.25, -0.2) is 0 Å². The number of phenols is 1. The fraction of sp³-hybridized carbons (Fsp3) is 0.304. The molecule has 6 nitrogen and oxygen atoms in total. The first-order valence-corrected chi connectivity index (χ1v) is 9.62. The van der Waals surface area contributed by atoms with Gasteiger partial charge < -0.3 is 21.5 Å². The monoisotopic (exact) mass is 395 g/mol. The topological polar surface area (TPSA) is 104 Å². The number of benzene rings is 2. The Morgan fingerprint density at radius 1 is 1.10 bits per heavy atom. The number of carbonyl (C=O) groups is 2. The van der Waals surface area contributed by atoms with E-state index in [9.17, 15) is 14.7 Å². The Hall–Kier alpha value is -3.12. The van der Waals surface area contributed by atoms with Crippen molar-refractivity contribution >= 4 is 11.8 Å². The van der Waals surface area contributed by atoms with Crippen molar-refractivity contribution in [3.8, 4) is 5.75 Å². The molecular weight excluding hydrogens is 366 g/mol. The van der Waals surface area contributed by atoms with Crippen LogP contribution in [0.4, 0.5) is 0 Å². The van der Waals surface area contributed by atoms with Gasteiger partial charge in [-0.3, -0.25) is 9.59 Å². The first-order chi connectivity index (χ1) is 13.8. The lowest BCUT2D eigenvalue weighted by atomic mass is 9.96. The molecule has 0 saturated heterocycles. The molecule has 0 aliphatic carbocycles. The van der Waals surface area contributed by atoms with Crippen LogP contribution in [0.3, 0.4) is 0 Å². The van der Waals surface area contributed by atoms with E-state index >= 15 is 0 Å². The highest BCUT2D eigenvalue weighted by molar-refractivity contribution is 5.89. The van der Waals surface area contributed by atoms with Crippen LogP contribution in [-0.4, -0.2) is 29.0 Å². The number of carbonyl (C=O) groups excluding carboxylic acids is 2. The van der Waals surface area contributed by atoms with Crippen LogP contribution in [0.5, 0.6) is 5.75 Å². The van der Waals surface area contributed by atoms with E-state index in [-0.39, 0.29) is 11.7 Å². The third kappa shape index (κ3) is 6.76. The fourth-order valence-electron chi connectivity index (χ4n) is 3.07. The molecule has 0 radical (unpaired) electrons. The molecule has 0 heterocycles. The highest BCUT2D eigenvalue weighted by Crippen LogP contribution is 2.21. The van der Waals surface area contributed by atoms with Crippen molar-refractivity contribution in [2.75, 3.05) is 0 Å². The zero-order chi connectivity index (χ0) is 21.4. The van der Waals surface area contributed by atoms with Crippen LogP contribution in [0.25, 0.3) is 0 Å². The van der Waals surface area contributed by atoms with Crippen molar-refractivity contribution in [1.82, 2.24) is 10.6 Å². The highest BCUT2D eigenvalue weighted by Gasteiger charge is 2.21. The van der Waals surface area contributed by atoms with Gasteiger partial charge in [-0.15, -0.1) is 0 Å². The van der Waals surface area contributed by atoms with Crippen molar-refractivity contribution in [3.05, 3.63) is 77.0 Å². The summed E-state index contributed by atoms with van der Waals surface area (Å²) in [7, 11) is 0. The van der Waals surface area contributed by atoms with Crippen LogP contribution >= 0.6 is 0 Å². The highest BCUT2D eigenvalue weighted by atomic mass is 16.3. The number of nitrogens with two attached hydrogens (primary N) is 1. The summed E-state index contributed by atoms with van der Waals surface area (Å²) >= 11 is 0. The smallest absolute Gasteiger partial charge is 0.246 e. The predicted octanol–water partition coefficient (Wildman–Crippen LogP) is 2.26. The number of allylic oxidation sites excluding steroid dienone is 1. The van der Waals surface area contributed by atoms with Crippen molar-refractivity contribution in [3.63, 3.8) is 0 Å². The maximum Gasteiger partial charge on any atom is 0.246 e. The van der Waals surface area contributed by atoms with Gasteiger partial charge in [-0.2, -0.15) is 0 Å². The minimum absolute atomic E-state index is 0.187. The molecule has 2 aromatic carbocycles. The molecule has 0 spiro atoms. The molecule has 5 N–H and O–H groups in total. The second-order valence-electron chi connectivity index (χ2n) is 7.20. The SMILES string of the molecule is Cc1cc(O)cc(C)c1C[C@H](N)C(=O)N[C@H](C)C(=O)N/C=C\Cc1ccccc1. The largest absolute Gasteiger partial charge is 0.508 e. The molecule has 0 saturated carbocycles. The van der Waals surface area contributed by atoms with Gasteiger partial charge in [0.25, 0.3) is 0 Å². The van der Waals surface area contributed by atoms with Crippen molar-refractivity contribution < 1.29 is 14.7 Å². The molecule has 154 valence electrons. The average Bonchev–Trinajstić information content (AvgIpc) is 2.68. The predicted molar refractivity (Wildman–Crippen MR) is 114 cm³/mol. The Labute approximate surface area is 171 Å². The first kappa shape index (κ1) is 22.2. The quantitative estimate of drug-likeness (QED) is 0.550. The number of aromatic hydroxyl groups is 1. The Bertz CT molecular complexity index is 855. The van der Waals surface area contributed by atoms with Gasteiger partial charge >= 0.3 is 0 Å². The summed E-state index contributed by atoms with van der Waals surface area (Å²) < 4.78 is 0. The van der Waals surface area contributed by atoms with E-state index in [0.29, 0.717) is 12.8 Å². The second-order valence-corrected chi connectivity index (χ2v) is 7.20. The third-order valence-corrected chi connectivity index (χ3v) is 4.73. The van der Waals surface area contributed by atoms with Gasteiger partial charge in [-0.05, 0) is 68.0 Å². The Morgan fingerprint density at radius 2 is 1.72 bits per heavy atom. The zero-order valence-electron chi connectivity index (χ0n) is 17.1. The number of hydrogen-bond acceptors (Lipinski definition) is 4. The van der Waals surface area contributed by atoms with Crippen LogP contribution in [0.15, 0.2) is 54.7 Å². The Morgan fingerprint density at radius 3 is 2.34 bits per heavy atom. The molecule has 0 aliphatic heterocycles. The lowest BCUT2D eigenvalue weighted by Gasteiger charge is -2.18. The summed E-state index contributed by atoms with van der Waals surface area (Å²) in [6.07, 6.45) is 4.47. The minimum Gasteiger partial charge on any atom is -0.508 e. The van der Waals surface area contributed by atoms with E-state index in [1.165, 1.54) is 0 Å². The molecule has 2 rings (SSSR count). The van der Waals surface area contributed by atoms with Crippen molar-refractivity contribution in [1.29, 1.82) is 0 Å². The molecule has 0 fully saturated rings. The van der Waals surface area contributed by atoms with Crippen LogP contribution < -0.4 is 16.4 Å². The van der Waals surface area contributed by atoms with Crippen LogP contribution in [0.2, 0.25) is 0 Å². The van der Waals surface area contributed by atoms with E-state index in [1.54, 1.807) is 25.3 Å². The number of rotatable bonds is 8. The standard InChI is InChI=1S/C23H29N3O3/c1-15-12-19(27)13-16(2)20(15)14-21(24)23(29)26-17(3)22(28)25-11-7-10-18-8-5-4-6-9-18/h4-9,11-13,17,21,27H,10,14,24H2,1-3H3,(H,25,28)(H,26,29)/b11-7-/t17-,21+/m1/s1. The molecule has 0 aromatic heterocycles. The molecule has 29 heavy (non-hydrogen) atoms. The number of hydrogen-bond donors (Lipinski definition) is 4. The maximum atomic E-state index is 12.4. The van der Waals surface area contributed by atoms with E-state index in [1.807, 2.05) is 50.3 Å². The third-order valence-electron chi connectivity index (χ3n) is 4.73. The fourth-order valence-corrected chi connectivity index (χ4v) is 3.07. The van der Waals surface area contributed by atoms with Gasteiger partial charge in [0.1, 0.15) is 11.8 Å². The summed E-state index contributed by atoms with van der Waals surface area (Å²) in [6.45, 7) is 5.34. The van der Waals surface area contributed by atoms with E-state index < -0.39 is 18.0 Å². The number of nitrogens with one attached hydrogen (secondary N) is 2. The summed E-state index contributed by atoms with van der Waals surface area (Å²) in [5.41, 5.74) is 9.86. The minimum atomic E-state index is -0.791. The summed E-state index contributed by atoms with van der Waals surface area (Å²) in [5, 5.41) is 15.0. The van der Waals surface area contributed by atoms with Gasteiger partial charge in [0.2, 0.25) is 11.8 Å². The molecule has 0 aliphatic rings. The van der Waals surface area contributed by atoms with E-state index in [2.05, 4.69) is 10.6 Å². The molecule has 2 amide bonds. The van der Waals surface area contributed by atoms with Crippen LogP contribution in [0.1, 0.15) is 29.2 Å². The lowest BCUT2D eigenvalue weighted by molar-refractivity contribution is -0.128. The van der Waals surface area contributed by atoms with E-state index in [4.69, 9.17) is 5.73 Å². The lowest BCUT2D eigenvalue weighted by Crippen LogP contribution is -2.50. The molecule has 0 bridgehead atoms. The number of aryl methyl sites for hydroxylation is 2. The van der Waals surface area contributed by atoms with Crippen molar-refractivity contribution in [2.24, 2.45) is 5.73 Å². The number of phenolic OH excluding ortho intramolecular Hbond substituents is 1. The van der Waals surface area contributed by atoms with Gasteiger partial charge in [-0.1, -0.05) is 36.4 Å². The summed E-state index contributed by atoms with van der Waals surface area (Å²) in [6, 6.07) is 11.7. The molecule has 2 aromatic rings. The maximum absolute atomic E-state index is 12.4. The van der Waals surface area contributed by atoms with E-state index in [0.717, 1.165) is 22.3 Å². The molecular formula is C23H29N3O3. The Kier molecular flexibility index (Phi) is 7.98. The van der Waals surface area contributed by atoms with Gasteiger partial charge in [0.05, 0.1) is 6.04 Å². The molecule has 6 heteroatoms. The van der Waals surface area contributed by atoms with Gasteiger partial charge in [0.15, 0.2) is 0 Å². The Balaban J connectivity index is 1.83. The van der Waals surface area contributed by atoms with Crippen molar-refractivity contribution in [2.45, 2.75) is 45.7 Å². The van der Waals surface area contributed by atoms with Gasteiger partial charge in [0, 0.05) is 6.20 Å². The average molecular weight is 396 g/mol. The summed E-state index contributed by atoms with van der Waals surface area (Å²) in [4.78, 5) is 24.6. The number of amides is 2. The second kappa shape index (κ2) is 10.4. The normalized spacial score (nSPS) is 13.1. The molecule has 0 unspecified atom stereocenters. The van der Waals surface area contributed by atoms with Crippen LogP contribution in [-0.2, 0) is 22.4 Å². The zero-order valence-corrected chi connectivity index (χ0v) is 17.1. The van der Waals surface area contributed by atoms with Crippen LogP contribution in [0, 0.1) is 13.8 Å². The first-order valence-electron chi connectivity index (χ1n) is 9.62. The molecule has 2 atom stereocenters. The summed E-state index contributed by atoms with van der Waals surface area (Å²) in [5.74, 6) is -0.521.